The van der Waals surface area contributed by atoms with Gasteiger partial charge in [0.15, 0.2) is 11.5 Å². The Morgan fingerprint density at radius 1 is 0.963 bits per heavy atom. The zero-order chi connectivity index (χ0) is 18.1. The van der Waals surface area contributed by atoms with Gasteiger partial charge in [-0.25, -0.2) is 0 Å². The number of hydrogen-bond acceptors (Lipinski definition) is 6. The molecule has 1 atom stereocenters. The van der Waals surface area contributed by atoms with E-state index in [0.717, 1.165) is 69.5 Å². The number of ether oxygens (including phenoxy) is 1. The van der Waals surface area contributed by atoms with Gasteiger partial charge < -0.3 is 14.5 Å². The minimum absolute atomic E-state index is 0.459. The van der Waals surface area contributed by atoms with Crippen LogP contribution in [-0.2, 0) is 4.74 Å². The van der Waals surface area contributed by atoms with Gasteiger partial charge in [-0.3, -0.25) is 0 Å². The van der Waals surface area contributed by atoms with Crippen LogP contribution in [0.1, 0.15) is 50.3 Å². The van der Waals surface area contributed by atoms with Crippen LogP contribution in [0.15, 0.2) is 12.1 Å². The third-order valence-corrected chi connectivity index (χ3v) is 6.43. The molecule has 3 aliphatic rings. The molecule has 146 valence electrons. The van der Waals surface area contributed by atoms with E-state index in [9.17, 15) is 0 Å². The number of nitrogens with zero attached hydrogens (tertiary/aromatic N) is 6. The lowest BCUT2D eigenvalue weighted by Gasteiger charge is -2.34. The summed E-state index contributed by atoms with van der Waals surface area (Å²) in [6, 6.07) is 4.16. The van der Waals surface area contributed by atoms with Crippen molar-refractivity contribution in [3.05, 3.63) is 18.0 Å². The summed E-state index contributed by atoms with van der Waals surface area (Å²) in [5, 5.41) is 13.8. The molecule has 3 fully saturated rings. The summed E-state index contributed by atoms with van der Waals surface area (Å²) in [7, 11) is 0. The van der Waals surface area contributed by atoms with E-state index in [4.69, 9.17) is 9.84 Å². The van der Waals surface area contributed by atoms with Crippen LogP contribution in [-0.4, -0.2) is 70.6 Å². The van der Waals surface area contributed by atoms with Crippen molar-refractivity contribution in [2.75, 3.05) is 50.8 Å². The Bertz CT molecular complexity index is 757. The highest BCUT2D eigenvalue weighted by molar-refractivity contribution is 5.46. The van der Waals surface area contributed by atoms with E-state index >= 15 is 0 Å². The molecule has 2 aromatic rings. The van der Waals surface area contributed by atoms with E-state index in [0.29, 0.717) is 11.8 Å². The highest BCUT2D eigenvalue weighted by atomic mass is 16.5. The molecule has 0 aromatic carbocycles. The van der Waals surface area contributed by atoms with E-state index in [2.05, 4.69) is 32.1 Å². The highest BCUT2D eigenvalue weighted by Crippen LogP contribution is 2.28. The molecular weight excluding hydrogens is 340 g/mol. The molecule has 7 heteroatoms. The summed E-state index contributed by atoms with van der Waals surface area (Å²) in [6.07, 6.45) is 7.35. The monoisotopic (exact) mass is 370 g/mol. The number of piperidine rings is 1. The van der Waals surface area contributed by atoms with Crippen molar-refractivity contribution in [3.63, 3.8) is 0 Å². The lowest BCUT2D eigenvalue weighted by molar-refractivity contribution is 0.0344. The predicted octanol–water partition coefficient (Wildman–Crippen LogP) is 2.33. The van der Waals surface area contributed by atoms with E-state index < -0.39 is 0 Å². The quantitative estimate of drug-likeness (QED) is 0.823. The topological polar surface area (TPSA) is 58.8 Å². The zero-order valence-electron chi connectivity index (χ0n) is 16.1. The molecule has 7 nitrogen and oxygen atoms in total. The molecule has 0 saturated carbocycles. The zero-order valence-corrected chi connectivity index (χ0v) is 16.1. The van der Waals surface area contributed by atoms with Crippen molar-refractivity contribution in [3.8, 4) is 0 Å². The Balaban J connectivity index is 1.26. The Labute approximate surface area is 160 Å². The molecule has 2 aromatic heterocycles. The lowest BCUT2D eigenvalue weighted by atomic mass is 9.94. The molecule has 0 radical (unpaired) electrons. The van der Waals surface area contributed by atoms with Gasteiger partial charge in [0.1, 0.15) is 5.82 Å². The van der Waals surface area contributed by atoms with Gasteiger partial charge in [0.05, 0.1) is 6.61 Å². The fourth-order valence-electron chi connectivity index (χ4n) is 4.86. The van der Waals surface area contributed by atoms with E-state index in [-0.39, 0.29) is 0 Å². The Morgan fingerprint density at radius 2 is 1.81 bits per heavy atom. The molecule has 1 unspecified atom stereocenters. The normalized spacial score (nSPS) is 25.5. The average Bonchev–Trinajstić information content (AvgIpc) is 3.39. The number of fused-ring (bicyclic) bond motifs is 1. The second kappa shape index (κ2) is 7.72. The van der Waals surface area contributed by atoms with Gasteiger partial charge in [-0.2, -0.15) is 4.52 Å². The van der Waals surface area contributed by atoms with E-state index in [1.807, 2.05) is 4.52 Å². The smallest absolute Gasteiger partial charge is 0.178 e. The van der Waals surface area contributed by atoms with Gasteiger partial charge in [0.25, 0.3) is 0 Å². The van der Waals surface area contributed by atoms with Crippen molar-refractivity contribution in [1.29, 1.82) is 0 Å². The van der Waals surface area contributed by atoms with Crippen molar-refractivity contribution < 1.29 is 4.74 Å². The standard InChI is InChI=1S/C20H30N6O/c1-2-10-25(9-1)19-6-5-18-21-22-20(26(18)23-19)17-7-11-24(12-8-17)14-16-4-3-13-27-15-16/h5-6,16-17H,1-4,7-15H2. The molecular formula is C20H30N6O. The Hall–Kier alpha value is -1.73. The first-order chi connectivity index (χ1) is 13.4. The van der Waals surface area contributed by atoms with Gasteiger partial charge in [-0.05, 0) is 69.7 Å². The summed E-state index contributed by atoms with van der Waals surface area (Å²) in [4.78, 5) is 4.99. The third-order valence-electron chi connectivity index (χ3n) is 6.43. The number of rotatable bonds is 4. The molecule has 3 aliphatic heterocycles. The molecule has 5 rings (SSSR count). The molecule has 0 aliphatic carbocycles. The maximum absolute atomic E-state index is 5.64. The lowest BCUT2D eigenvalue weighted by Crippen LogP contribution is -2.39. The Morgan fingerprint density at radius 3 is 2.59 bits per heavy atom. The SMILES string of the molecule is c1cc2nnc(C3CCN(CC4CCCOC4)CC3)n2nc1N1CCCC1. The van der Waals surface area contributed by atoms with Crippen molar-refractivity contribution in [2.45, 2.75) is 44.4 Å². The number of aromatic nitrogens is 4. The van der Waals surface area contributed by atoms with Crippen LogP contribution in [0.5, 0.6) is 0 Å². The van der Waals surface area contributed by atoms with Crippen LogP contribution in [0.4, 0.5) is 5.82 Å². The largest absolute Gasteiger partial charge is 0.381 e. The fourth-order valence-corrected chi connectivity index (χ4v) is 4.86. The molecule has 0 bridgehead atoms. The summed E-state index contributed by atoms with van der Waals surface area (Å²) in [6.45, 7) is 7.58. The molecule has 0 N–H and O–H groups in total. The maximum Gasteiger partial charge on any atom is 0.178 e. The Kier molecular flexibility index (Phi) is 4.97. The third kappa shape index (κ3) is 3.67. The predicted molar refractivity (Wildman–Crippen MR) is 104 cm³/mol. The van der Waals surface area contributed by atoms with Crippen molar-refractivity contribution >= 4 is 11.5 Å². The van der Waals surface area contributed by atoms with Crippen molar-refractivity contribution in [1.82, 2.24) is 24.7 Å². The molecule has 0 amide bonds. The first kappa shape index (κ1) is 17.4. The van der Waals surface area contributed by atoms with Crippen LogP contribution in [0.3, 0.4) is 0 Å². The molecule has 3 saturated heterocycles. The van der Waals surface area contributed by atoms with Crippen LogP contribution >= 0.6 is 0 Å². The molecule has 5 heterocycles. The fraction of sp³-hybridized carbons (Fsp3) is 0.750. The second-order valence-electron chi connectivity index (χ2n) is 8.37. The van der Waals surface area contributed by atoms with E-state index in [1.54, 1.807) is 0 Å². The molecule has 0 spiro atoms. The van der Waals surface area contributed by atoms with Gasteiger partial charge in [0.2, 0.25) is 0 Å². The first-order valence-corrected chi connectivity index (χ1v) is 10.6. The first-order valence-electron chi connectivity index (χ1n) is 10.6. The second-order valence-corrected chi connectivity index (χ2v) is 8.37. The number of anilines is 1. The number of hydrogen-bond donors (Lipinski definition) is 0. The van der Waals surface area contributed by atoms with Gasteiger partial charge >= 0.3 is 0 Å². The van der Waals surface area contributed by atoms with Crippen LogP contribution in [0.25, 0.3) is 5.65 Å². The minimum Gasteiger partial charge on any atom is -0.381 e. The van der Waals surface area contributed by atoms with Gasteiger partial charge in [-0.1, -0.05) is 0 Å². The summed E-state index contributed by atoms with van der Waals surface area (Å²) >= 11 is 0. The summed E-state index contributed by atoms with van der Waals surface area (Å²) < 4.78 is 7.65. The van der Waals surface area contributed by atoms with Crippen LogP contribution in [0, 0.1) is 5.92 Å². The summed E-state index contributed by atoms with van der Waals surface area (Å²) in [5.41, 5.74) is 0.870. The minimum atomic E-state index is 0.459. The summed E-state index contributed by atoms with van der Waals surface area (Å²) in [5.74, 6) is 3.29. The van der Waals surface area contributed by atoms with E-state index in [1.165, 1.54) is 32.2 Å². The van der Waals surface area contributed by atoms with Crippen molar-refractivity contribution in [2.24, 2.45) is 5.92 Å². The van der Waals surface area contributed by atoms with Crippen LogP contribution in [0.2, 0.25) is 0 Å². The number of likely N-dealkylation sites (tertiary alicyclic amines) is 1. The van der Waals surface area contributed by atoms with Crippen LogP contribution < -0.4 is 4.90 Å². The highest BCUT2D eigenvalue weighted by Gasteiger charge is 2.27. The van der Waals surface area contributed by atoms with Gasteiger partial charge in [-0.15, -0.1) is 15.3 Å². The maximum atomic E-state index is 5.64. The van der Waals surface area contributed by atoms with Gasteiger partial charge in [0, 0.05) is 32.2 Å². The molecule has 27 heavy (non-hydrogen) atoms. The average molecular weight is 371 g/mol.